The van der Waals surface area contributed by atoms with E-state index in [0.717, 1.165) is 23.2 Å². The maximum absolute atomic E-state index is 13.7. The van der Waals surface area contributed by atoms with Crippen LogP contribution < -0.4 is 19.7 Å². The first-order valence-corrected chi connectivity index (χ1v) is 12.9. The van der Waals surface area contributed by atoms with Crippen molar-refractivity contribution >= 4 is 28.4 Å². The number of benzene rings is 3. The molecule has 1 aliphatic rings. The van der Waals surface area contributed by atoms with Crippen LogP contribution in [0, 0.1) is 13.8 Å². The summed E-state index contributed by atoms with van der Waals surface area (Å²) in [7, 11) is 1.71. The van der Waals surface area contributed by atoms with E-state index in [4.69, 9.17) is 9.47 Å². The summed E-state index contributed by atoms with van der Waals surface area (Å²) in [5, 5.41) is 4.25. The van der Waals surface area contributed by atoms with E-state index < -0.39 is 6.04 Å². The zero-order chi connectivity index (χ0) is 26.8. The van der Waals surface area contributed by atoms with Gasteiger partial charge in [0.05, 0.1) is 0 Å². The summed E-state index contributed by atoms with van der Waals surface area (Å²) >= 11 is 0. The molecule has 5 rings (SSSR count). The van der Waals surface area contributed by atoms with Crippen molar-refractivity contribution in [3.05, 3.63) is 89.1 Å². The molecular weight excluding hydrogens is 478 g/mol. The highest BCUT2D eigenvalue weighted by molar-refractivity contribution is 5.99. The average Bonchev–Trinajstić information content (AvgIpc) is 3.50. The highest BCUT2D eigenvalue weighted by Crippen LogP contribution is 2.35. The van der Waals surface area contributed by atoms with Gasteiger partial charge in [-0.25, -0.2) is 0 Å². The van der Waals surface area contributed by atoms with Gasteiger partial charge >= 0.3 is 0 Å². The fourth-order valence-electron chi connectivity index (χ4n) is 5.32. The topological polar surface area (TPSA) is 72.8 Å². The number of aromatic nitrogens is 1. The lowest BCUT2D eigenvalue weighted by Gasteiger charge is -2.25. The third-order valence-corrected chi connectivity index (χ3v) is 7.33. The Morgan fingerprint density at radius 1 is 1.00 bits per heavy atom. The fraction of sp³-hybridized carbons (Fsp3) is 0.290. The van der Waals surface area contributed by atoms with Crippen LogP contribution >= 0.6 is 0 Å². The summed E-state index contributed by atoms with van der Waals surface area (Å²) in [6.07, 6.45) is 1.27. The number of carbonyl (C=O) groups is 2. The van der Waals surface area contributed by atoms with Crippen molar-refractivity contribution in [1.82, 2.24) is 9.88 Å². The first kappa shape index (κ1) is 25.4. The van der Waals surface area contributed by atoms with Gasteiger partial charge in [0.15, 0.2) is 11.5 Å². The quantitative estimate of drug-likeness (QED) is 0.364. The van der Waals surface area contributed by atoms with Gasteiger partial charge in [-0.05, 0) is 55.2 Å². The van der Waals surface area contributed by atoms with Crippen LogP contribution in [0.1, 0.15) is 29.3 Å². The number of fused-ring (bicyclic) bond motifs is 2. The molecule has 4 aromatic rings. The van der Waals surface area contributed by atoms with Gasteiger partial charge in [-0.2, -0.15) is 0 Å². The molecule has 0 bridgehead atoms. The Bertz CT molecular complexity index is 1490. The lowest BCUT2D eigenvalue weighted by atomic mass is 10.0. The van der Waals surface area contributed by atoms with Gasteiger partial charge in [-0.3, -0.25) is 9.59 Å². The van der Waals surface area contributed by atoms with Crippen molar-refractivity contribution in [3.63, 3.8) is 0 Å². The van der Waals surface area contributed by atoms with Crippen molar-refractivity contribution < 1.29 is 19.1 Å². The molecule has 3 aromatic carbocycles. The van der Waals surface area contributed by atoms with Crippen molar-refractivity contribution in [1.29, 1.82) is 0 Å². The van der Waals surface area contributed by atoms with Gasteiger partial charge < -0.3 is 24.3 Å². The maximum atomic E-state index is 13.7. The molecule has 2 amide bonds. The van der Waals surface area contributed by atoms with Crippen LogP contribution in [0.3, 0.4) is 0 Å². The van der Waals surface area contributed by atoms with Crippen LogP contribution in [-0.2, 0) is 29.0 Å². The Kier molecular flexibility index (Phi) is 7.09. The number of nitrogens with one attached hydrogen (secondary N) is 1. The molecule has 38 heavy (non-hydrogen) atoms. The van der Waals surface area contributed by atoms with E-state index >= 15 is 0 Å². The van der Waals surface area contributed by atoms with Gasteiger partial charge in [0.25, 0.3) is 0 Å². The smallest absolute Gasteiger partial charge is 0.249 e. The molecule has 0 aliphatic carbocycles. The Balaban J connectivity index is 1.41. The lowest BCUT2D eigenvalue weighted by Crippen LogP contribution is -2.49. The molecule has 0 saturated heterocycles. The Hall–Kier alpha value is -4.26. The third kappa shape index (κ3) is 4.84. The lowest BCUT2D eigenvalue weighted by molar-refractivity contribution is -0.127. The number of nitrogens with zero attached hydrogens (tertiary/aromatic N) is 2. The highest BCUT2D eigenvalue weighted by Gasteiger charge is 2.27. The Morgan fingerprint density at radius 2 is 1.76 bits per heavy atom. The van der Waals surface area contributed by atoms with E-state index in [1.165, 1.54) is 16.5 Å². The minimum atomic E-state index is -0.741. The van der Waals surface area contributed by atoms with Gasteiger partial charge in [0, 0.05) is 41.8 Å². The Morgan fingerprint density at radius 3 is 2.53 bits per heavy atom. The van der Waals surface area contributed by atoms with E-state index in [0.29, 0.717) is 23.6 Å². The number of hydrogen-bond acceptors (Lipinski definition) is 4. The monoisotopic (exact) mass is 511 g/mol. The normalized spacial score (nSPS) is 12.9. The number of rotatable bonds is 8. The van der Waals surface area contributed by atoms with E-state index in [1.54, 1.807) is 24.1 Å². The molecule has 1 atom stereocenters. The second-order valence-corrected chi connectivity index (χ2v) is 9.72. The van der Waals surface area contributed by atoms with Crippen molar-refractivity contribution in [2.75, 3.05) is 18.7 Å². The second kappa shape index (κ2) is 10.6. The molecule has 1 aliphatic heterocycles. The van der Waals surface area contributed by atoms with Crippen LogP contribution in [0.5, 0.6) is 11.5 Å². The molecule has 0 unspecified atom stereocenters. The number of aryl methyl sites for hydroxylation is 2. The molecule has 2 heterocycles. The predicted molar refractivity (Wildman–Crippen MR) is 149 cm³/mol. The van der Waals surface area contributed by atoms with Crippen LogP contribution in [0.4, 0.5) is 5.69 Å². The van der Waals surface area contributed by atoms with Crippen LogP contribution in [0.15, 0.2) is 66.7 Å². The molecule has 196 valence electrons. The summed E-state index contributed by atoms with van der Waals surface area (Å²) in [6.45, 7) is 6.60. The predicted octanol–water partition coefficient (Wildman–Crippen LogP) is 4.94. The maximum Gasteiger partial charge on any atom is 0.249 e. The average molecular weight is 512 g/mol. The number of carbonyl (C=O) groups excluding carboxylic acids is 2. The number of anilines is 1. The molecule has 0 fully saturated rings. The SMILES string of the molecule is CCc1c(C)n(CC(=O)N[C@@H](Cc2ccccc2)C(=O)N(C)c2ccc3c(c2)OCO3)c2cccc(C)c12. The first-order valence-electron chi connectivity index (χ1n) is 12.9. The molecule has 7 nitrogen and oxygen atoms in total. The zero-order valence-electron chi connectivity index (χ0n) is 22.3. The summed E-state index contributed by atoms with van der Waals surface area (Å²) in [5.41, 5.74) is 6.21. The molecule has 1 aromatic heterocycles. The van der Waals surface area contributed by atoms with Crippen molar-refractivity contribution in [2.45, 2.75) is 46.2 Å². The van der Waals surface area contributed by atoms with Crippen molar-refractivity contribution in [3.8, 4) is 11.5 Å². The zero-order valence-corrected chi connectivity index (χ0v) is 22.3. The standard InChI is InChI=1S/C31H33N3O4/c1-5-24-21(3)34(26-13-9-10-20(2)30(24)26)18-29(35)32-25(16-22-11-7-6-8-12-22)31(36)33(4)23-14-15-27-28(17-23)38-19-37-27/h6-15,17,25H,5,16,18-19H2,1-4H3,(H,32,35)/t25-/m0/s1. The minimum absolute atomic E-state index is 0.137. The Labute approximate surface area is 223 Å². The van der Waals surface area contributed by atoms with Crippen molar-refractivity contribution in [2.24, 2.45) is 0 Å². The van der Waals surface area contributed by atoms with Gasteiger partial charge in [0.1, 0.15) is 12.6 Å². The molecule has 0 saturated carbocycles. The number of ether oxygens (including phenoxy) is 2. The molecule has 0 spiro atoms. The van der Waals surface area contributed by atoms with Gasteiger partial charge in [-0.1, -0.05) is 49.4 Å². The number of likely N-dealkylation sites (N-methyl/N-ethyl adjacent to an activating group) is 1. The number of amides is 2. The van der Waals surface area contributed by atoms with Gasteiger partial charge in [-0.15, -0.1) is 0 Å². The van der Waals surface area contributed by atoms with E-state index in [1.807, 2.05) is 42.5 Å². The summed E-state index contributed by atoms with van der Waals surface area (Å²) in [6, 6.07) is 20.6. The fourth-order valence-corrected chi connectivity index (χ4v) is 5.32. The highest BCUT2D eigenvalue weighted by atomic mass is 16.7. The number of hydrogen-bond donors (Lipinski definition) is 1. The van der Waals surface area contributed by atoms with E-state index in [9.17, 15) is 9.59 Å². The molecule has 1 N–H and O–H groups in total. The largest absolute Gasteiger partial charge is 0.454 e. The minimum Gasteiger partial charge on any atom is -0.454 e. The van der Waals surface area contributed by atoms with E-state index in [2.05, 4.69) is 42.8 Å². The molecule has 0 radical (unpaired) electrons. The van der Waals surface area contributed by atoms with Crippen LogP contribution in [0.2, 0.25) is 0 Å². The van der Waals surface area contributed by atoms with Crippen LogP contribution in [-0.4, -0.2) is 36.3 Å². The van der Waals surface area contributed by atoms with Gasteiger partial charge in [0.2, 0.25) is 18.6 Å². The first-order chi connectivity index (χ1) is 18.4. The third-order valence-electron chi connectivity index (χ3n) is 7.33. The van der Waals surface area contributed by atoms with E-state index in [-0.39, 0.29) is 25.2 Å². The second-order valence-electron chi connectivity index (χ2n) is 9.72. The molecular formula is C31H33N3O4. The summed E-state index contributed by atoms with van der Waals surface area (Å²) in [4.78, 5) is 28.8. The van der Waals surface area contributed by atoms with Crippen LogP contribution in [0.25, 0.3) is 10.9 Å². The summed E-state index contributed by atoms with van der Waals surface area (Å²) < 4.78 is 12.9. The summed E-state index contributed by atoms with van der Waals surface area (Å²) in [5.74, 6) is 0.838. The molecule has 7 heteroatoms.